The average molecular weight is 315 g/mol. The zero-order chi connectivity index (χ0) is 12.3. The highest BCUT2D eigenvalue weighted by atomic mass is 79.9. The number of halogens is 2. The molecule has 0 bridgehead atoms. The monoisotopic (exact) mass is 314 g/mol. The Hall–Kier alpha value is -0.870. The third-order valence-electron chi connectivity index (χ3n) is 2.50. The molecule has 1 aromatic carbocycles. The molecule has 2 aromatic rings. The standard InChI is InChI=1S/C13H12BrFOS/c1-16-13-5-4-9(7-12(13)15)11(14)8-10-3-2-6-17-10/h2-7,11H,8H2,1H3. The predicted octanol–water partition coefficient (Wildman–Crippen LogP) is 4.57. The Bertz CT molecular complexity index is 484. The minimum atomic E-state index is -0.319. The van der Waals surface area contributed by atoms with E-state index in [1.54, 1.807) is 17.4 Å². The van der Waals surface area contributed by atoms with Gasteiger partial charge in [0.25, 0.3) is 0 Å². The number of alkyl halides is 1. The number of methoxy groups -OCH3 is 1. The van der Waals surface area contributed by atoms with Crippen molar-refractivity contribution in [2.75, 3.05) is 7.11 Å². The SMILES string of the molecule is COc1ccc(C(Br)Cc2cccs2)cc1F. The number of rotatable bonds is 4. The van der Waals surface area contributed by atoms with Gasteiger partial charge in [0.2, 0.25) is 0 Å². The zero-order valence-electron chi connectivity index (χ0n) is 9.32. The summed E-state index contributed by atoms with van der Waals surface area (Å²) in [5, 5.41) is 2.05. The van der Waals surface area contributed by atoms with Crippen LogP contribution < -0.4 is 4.74 Å². The Morgan fingerprint density at radius 1 is 1.41 bits per heavy atom. The van der Waals surface area contributed by atoms with Crippen molar-refractivity contribution in [2.45, 2.75) is 11.2 Å². The van der Waals surface area contributed by atoms with E-state index in [-0.39, 0.29) is 16.4 Å². The molecule has 0 aliphatic carbocycles. The molecule has 0 aliphatic rings. The minimum Gasteiger partial charge on any atom is -0.494 e. The smallest absolute Gasteiger partial charge is 0.165 e. The zero-order valence-corrected chi connectivity index (χ0v) is 11.7. The Balaban J connectivity index is 2.14. The predicted molar refractivity (Wildman–Crippen MR) is 72.6 cm³/mol. The molecule has 0 saturated carbocycles. The van der Waals surface area contributed by atoms with Crippen LogP contribution in [0.5, 0.6) is 5.75 Å². The second-order valence-corrected chi connectivity index (χ2v) is 5.78. The second-order valence-electron chi connectivity index (χ2n) is 3.65. The lowest BCUT2D eigenvalue weighted by Gasteiger charge is -2.10. The number of benzene rings is 1. The summed E-state index contributed by atoms with van der Waals surface area (Å²) in [5.74, 6) is -0.0368. The molecule has 0 saturated heterocycles. The van der Waals surface area contributed by atoms with Crippen LogP contribution in [0, 0.1) is 5.82 Å². The molecule has 0 aliphatic heterocycles. The molecule has 90 valence electrons. The molecule has 4 heteroatoms. The van der Waals surface area contributed by atoms with E-state index >= 15 is 0 Å². The second kappa shape index (κ2) is 5.65. The Kier molecular flexibility index (Phi) is 4.18. The van der Waals surface area contributed by atoms with Crippen LogP contribution >= 0.6 is 27.3 Å². The van der Waals surface area contributed by atoms with Crippen molar-refractivity contribution in [3.63, 3.8) is 0 Å². The highest BCUT2D eigenvalue weighted by Gasteiger charge is 2.12. The molecule has 2 rings (SSSR count). The molecule has 0 amide bonds. The van der Waals surface area contributed by atoms with Crippen molar-refractivity contribution < 1.29 is 9.13 Å². The molecule has 0 fully saturated rings. The molecule has 0 N–H and O–H groups in total. The molecule has 1 aromatic heterocycles. The maximum Gasteiger partial charge on any atom is 0.165 e. The lowest BCUT2D eigenvalue weighted by molar-refractivity contribution is 0.386. The van der Waals surface area contributed by atoms with E-state index in [0.29, 0.717) is 0 Å². The van der Waals surface area contributed by atoms with Crippen LogP contribution in [0.2, 0.25) is 0 Å². The van der Waals surface area contributed by atoms with Crippen molar-refractivity contribution in [2.24, 2.45) is 0 Å². The van der Waals surface area contributed by atoms with Gasteiger partial charge in [-0.1, -0.05) is 28.1 Å². The maximum atomic E-state index is 13.5. The summed E-state index contributed by atoms with van der Waals surface area (Å²) in [6.07, 6.45) is 0.865. The first-order valence-electron chi connectivity index (χ1n) is 5.20. The van der Waals surface area contributed by atoms with Crippen molar-refractivity contribution in [1.29, 1.82) is 0 Å². The fraction of sp³-hybridized carbons (Fsp3) is 0.231. The Morgan fingerprint density at radius 3 is 2.82 bits per heavy atom. The van der Waals surface area contributed by atoms with Gasteiger partial charge in [0, 0.05) is 9.70 Å². The summed E-state index contributed by atoms with van der Waals surface area (Å²) in [6, 6.07) is 9.17. The van der Waals surface area contributed by atoms with Gasteiger partial charge >= 0.3 is 0 Å². The third-order valence-corrected chi connectivity index (χ3v) is 4.25. The summed E-state index contributed by atoms with van der Waals surface area (Å²) in [5.41, 5.74) is 0.928. The summed E-state index contributed by atoms with van der Waals surface area (Å²) in [4.78, 5) is 1.41. The van der Waals surface area contributed by atoms with Crippen molar-refractivity contribution in [1.82, 2.24) is 0 Å². The fourth-order valence-electron chi connectivity index (χ4n) is 1.60. The largest absolute Gasteiger partial charge is 0.494 e. The first-order valence-corrected chi connectivity index (χ1v) is 7.00. The molecule has 0 radical (unpaired) electrons. The van der Waals surface area contributed by atoms with E-state index in [9.17, 15) is 4.39 Å². The van der Waals surface area contributed by atoms with E-state index in [1.807, 2.05) is 17.5 Å². The van der Waals surface area contributed by atoms with Crippen LogP contribution in [0.25, 0.3) is 0 Å². The highest BCUT2D eigenvalue weighted by molar-refractivity contribution is 9.09. The molecule has 1 unspecified atom stereocenters. The summed E-state index contributed by atoms with van der Waals surface area (Å²) >= 11 is 5.30. The Labute approximate surface area is 112 Å². The van der Waals surface area contributed by atoms with Gasteiger partial charge in [0.1, 0.15) is 0 Å². The summed E-state index contributed by atoms with van der Waals surface area (Å²) < 4.78 is 18.4. The summed E-state index contributed by atoms with van der Waals surface area (Å²) in [7, 11) is 1.47. The number of thiophene rings is 1. The van der Waals surface area contributed by atoms with E-state index < -0.39 is 0 Å². The fourth-order valence-corrected chi connectivity index (χ4v) is 3.20. The lowest BCUT2D eigenvalue weighted by atomic mass is 10.1. The number of hydrogen-bond acceptors (Lipinski definition) is 2. The van der Waals surface area contributed by atoms with Crippen LogP contribution in [0.3, 0.4) is 0 Å². The first-order chi connectivity index (χ1) is 8.20. The normalized spacial score (nSPS) is 12.4. The molecule has 1 nitrogen and oxygen atoms in total. The highest BCUT2D eigenvalue weighted by Crippen LogP contribution is 2.31. The third kappa shape index (κ3) is 3.07. The van der Waals surface area contributed by atoms with Crippen LogP contribution in [0.4, 0.5) is 4.39 Å². The van der Waals surface area contributed by atoms with Gasteiger partial charge in [-0.2, -0.15) is 0 Å². The molecular weight excluding hydrogens is 303 g/mol. The topological polar surface area (TPSA) is 9.23 Å². The summed E-state index contributed by atoms with van der Waals surface area (Å²) in [6.45, 7) is 0. The minimum absolute atomic E-state index is 0.126. The molecule has 0 spiro atoms. The Morgan fingerprint density at radius 2 is 2.24 bits per heavy atom. The van der Waals surface area contributed by atoms with Crippen molar-refractivity contribution >= 4 is 27.3 Å². The average Bonchev–Trinajstić information content (AvgIpc) is 2.81. The molecule has 1 heterocycles. The van der Waals surface area contributed by atoms with Crippen LogP contribution in [-0.2, 0) is 6.42 Å². The van der Waals surface area contributed by atoms with Gasteiger partial charge in [-0.25, -0.2) is 4.39 Å². The first kappa shape index (κ1) is 12.6. The number of hydrogen-bond donors (Lipinski definition) is 0. The van der Waals surface area contributed by atoms with Crippen molar-refractivity contribution in [3.05, 3.63) is 52.0 Å². The maximum absolute atomic E-state index is 13.5. The quantitative estimate of drug-likeness (QED) is 0.751. The van der Waals surface area contributed by atoms with Gasteiger partial charge in [0.05, 0.1) is 7.11 Å². The molecular formula is C13H12BrFOS. The lowest BCUT2D eigenvalue weighted by Crippen LogP contribution is -1.96. The van der Waals surface area contributed by atoms with E-state index in [2.05, 4.69) is 22.0 Å². The van der Waals surface area contributed by atoms with Crippen LogP contribution in [0.1, 0.15) is 15.3 Å². The van der Waals surface area contributed by atoms with Gasteiger partial charge in [-0.05, 0) is 35.6 Å². The molecule has 17 heavy (non-hydrogen) atoms. The number of ether oxygens (including phenoxy) is 1. The van der Waals surface area contributed by atoms with Crippen molar-refractivity contribution in [3.8, 4) is 5.75 Å². The van der Waals surface area contributed by atoms with Gasteiger partial charge in [-0.15, -0.1) is 11.3 Å². The van der Waals surface area contributed by atoms with Gasteiger partial charge < -0.3 is 4.74 Å². The van der Waals surface area contributed by atoms with E-state index in [0.717, 1.165) is 12.0 Å². The van der Waals surface area contributed by atoms with E-state index in [1.165, 1.54) is 18.1 Å². The molecule has 1 atom stereocenters. The van der Waals surface area contributed by atoms with Gasteiger partial charge in [0.15, 0.2) is 11.6 Å². The van der Waals surface area contributed by atoms with Crippen LogP contribution in [-0.4, -0.2) is 7.11 Å². The van der Waals surface area contributed by atoms with Gasteiger partial charge in [-0.3, -0.25) is 0 Å². The van der Waals surface area contributed by atoms with Crippen LogP contribution in [0.15, 0.2) is 35.7 Å². The van der Waals surface area contributed by atoms with E-state index in [4.69, 9.17) is 4.74 Å².